The smallest absolute Gasteiger partial charge is 0.387 e. The number of rotatable bonds is 6. The Bertz CT molecular complexity index is 429. The third-order valence-electron chi connectivity index (χ3n) is 3.50. The first-order valence-electron chi connectivity index (χ1n) is 6.71. The zero-order valence-corrected chi connectivity index (χ0v) is 12.1. The maximum atomic E-state index is 12.6. The Balaban J connectivity index is 2.62. The summed E-state index contributed by atoms with van der Waals surface area (Å²) in [4.78, 5) is 0. The molecule has 0 amide bonds. The summed E-state index contributed by atoms with van der Waals surface area (Å²) in [5.74, 6) is 0. The Labute approximate surface area is 118 Å². The van der Waals surface area contributed by atoms with Crippen LogP contribution in [0.2, 0.25) is 0 Å². The number of halogens is 3. The summed E-state index contributed by atoms with van der Waals surface area (Å²) in [7, 11) is 0. The molecule has 0 radical (unpaired) electrons. The van der Waals surface area contributed by atoms with Crippen molar-refractivity contribution in [3.05, 3.63) is 35.4 Å². The number of hydrogen-bond acceptors (Lipinski definition) is 2. The van der Waals surface area contributed by atoms with E-state index in [1.54, 1.807) is 0 Å². The van der Waals surface area contributed by atoms with Gasteiger partial charge in [-0.2, -0.15) is 13.2 Å². The molecule has 0 aliphatic carbocycles. The van der Waals surface area contributed by atoms with E-state index in [0.29, 0.717) is 6.54 Å². The van der Waals surface area contributed by atoms with Gasteiger partial charge in [-0.3, -0.25) is 0 Å². The predicted molar refractivity (Wildman–Crippen MR) is 73.3 cm³/mol. The molecule has 1 unspecified atom stereocenters. The van der Waals surface area contributed by atoms with E-state index in [9.17, 15) is 18.3 Å². The topological polar surface area (TPSA) is 32.3 Å². The van der Waals surface area contributed by atoms with E-state index >= 15 is 0 Å². The summed E-state index contributed by atoms with van der Waals surface area (Å²) in [6, 6.07) is 4.82. The van der Waals surface area contributed by atoms with E-state index in [4.69, 9.17) is 0 Å². The highest BCUT2D eigenvalue weighted by atomic mass is 19.4. The molecule has 1 aromatic carbocycles. The van der Waals surface area contributed by atoms with E-state index in [-0.39, 0.29) is 17.5 Å². The molecule has 20 heavy (non-hydrogen) atoms. The van der Waals surface area contributed by atoms with Crippen molar-refractivity contribution < 1.29 is 18.3 Å². The fourth-order valence-corrected chi connectivity index (χ4v) is 1.71. The number of alkyl halides is 3. The van der Waals surface area contributed by atoms with Gasteiger partial charge in [0, 0.05) is 13.1 Å². The normalized spacial score (nSPS) is 14.3. The van der Waals surface area contributed by atoms with Crippen LogP contribution in [0.15, 0.2) is 24.3 Å². The maximum absolute atomic E-state index is 12.6. The number of hydrogen-bond donors (Lipinski definition) is 2. The highest BCUT2D eigenvalue weighted by molar-refractivity contribution is 5.27. The molecule has 0 aliphatic rings. The molecule has 2 N–H and O–H groups in total. The monoisotopic (exact) mass is 289 g/mol. The Morgan fingerprint density at radius 3 is 2.45 bits per heavy atom. The summed E-state index contributed by atoms with van der Waals surface area (Å²) >= 11 is 0. The van der Waals surface area contributed by atoms with Gasteiger partial charge in [-0.15, -0.1) is 0 Å². The second-order valence-corrected chi connectivity index (χ2v) is 5.79. The molecule has 0 saturated heterocycles. The van der Waals surface area contributed by atoms with Crippen molar-refractivity contribution in [1.29, 1.82) is 0 Å². The van der Waals surface area contributed by atoms with Crippen LogP contribution in [0.4, 0.5) is 13.2 Å². The predicted octanol–water partition coefficient (Wildman–Crippen LogP) is 3.76. The summed E-state index contributed by atoms with van der Waals surface area (Å²) in [5, 5.41) is 13.1. The lowest BCUT2D eigenvalue weighted by molar-refractivity contribution is -0.137. The van der Waals surface area contributed by atoms with Crippen molar-refractivity contribution in [3.8, 4) is 0 Å². The maximum Gasteiger partial charge on any atom is 0.416 e. The van der Waals surface area contributed by atoms with Gasteiger partial charge in [-0.25, -0.2) is 0 Å². The number of benzene rings is 1. The number of nitrogens with one attached hydrogen (secondary N) is 1. The Hall–Kier alpha value is -1.07. The molecule has 2 nitrogen and oxygen atoms in total. The minimum absolute atomic E-state index is 0.105. The van der Waals surface area contributed by atoms with Gasteiger partial charge in [0.1, 0.15) is 0 Å². The highest BCUT2D eigenvalue weighted by Gasteiger charge is 2.30. The van der Waals surface area contributed by atoms with Crippen molar-refractivity contribution in [1.82, 2.24) is 5.32 Å². The van der Waals surface area contributed by atoms with Crippen LogP contribution >= 0.6 is 0 Å². The molecule has 0 aromatic heterocycles. The molecular formula is C15H22F3NO. The summed E-state index contributed by atoms with van der Waals surface area (Å²) in [6.45, 7) is 7.21. The molecule has 0 heterocycles. The van der Waals surface area contributed by atoms with Crippen molar-refractivity contribution in [2.75, 3.05) is 13.1 Å². The number of aliphatic hydroxyl groups is 1. The third-order valence-corrected chi connectivity index (χ3v) is 3.50. The first-order valence-corrected chi connectivity index (χ1v) is 6.71. The zero-order valence-electron chi connectivity index (χ0n) is 12.1. The van der Waals surface area contributed by atoms with Crippen LogP contribution in [0.5, 0.6) is 0 Å². The molecule has 1 rings (SSSR count). The minimum atomic E-state index is -4.38. The van der Waals surface area contributed by atoms with Gasteiger partial charge >= 0.3 is 6.18 Å². The molecule has 114 valence electrons. The third kappa shape index (κ3) is 5.13. The van der Waals surface area contributed by atoms with E-state index in [0.717, 1.165) is 18.6 Å². The molecule has 1 atom stereocenters. The molecule has 0 bridgehead atoms. The van der Waals surface area contributed by atoms with Crippen LogP contribution < -0.4 is 5.32 Å². The highest BCUT2D eigenvalue weighted by Crippen LogP contribution is 2.30. The lowest BCUT2D eigenvalue weighted by Gasteiger charge is -2.24. The number of aliphatic hydroxyl groups excluding tert-OH is 1. The van der Waals surface area contributed by atoms with Crippen molar-refractivity contribution in [2.45, 2.75) is 39.5 Å². The van der Waals surface area contributed by atoms with Crippen LogP contribution in [-0.2, 0) is 6.18 Å². The van der Waals surface area contributed by atoms with Crippen LogP contribution in [0.25, 0.3) is 0 Å². The first-order chi connectivity index (χ1) is 9.15. The Morgan fingerprint density at radius 2 is 1.90 bits per heavy atom. The van der Waals surface area contributed by atoms with Crippen molar-refractivity contribution in [2.24, 2.45) is 5.41 Å². The first kappa shape index (κ1) is 17.0. The molecule has 0 fully saturated rings. The summed E-state index contributed by atoms with van der Waals surface area (Å²) in [5.41, 5.74) is -0.349. The van der Waals surface area contributed by atoms with Gasteiger partial charge in [0.05, 0.1) is 11.7 Å². The van der Waals surface area contributed by atoms with E-state index in [2.05, 4.69) is 26.1 Å². The van der Waals surface area contributed by atoms with Crippen LogP contribution in [0, 0.1) is 5.41 Å². The molecular weight excluding hydrogens is 267 g/mol. The van der Waals surface area contributed by atoms with E-state index in [1.165, 1.54) is 12.1 Å². The lowest BCUT2D eigenvalue weighted by atomic mass is 9.90. The van der Waals surface area contributed by atoms with Crippen LogP contribution in [-0.4, -0.2) is 18.2 Å². The fourth-order valence-electron chi connectivity index (χ4n) is 1.71. The average molecular weight is 289 g/mol. The Kier molecular flexibility index (Phi) is 5.59. The minimum Gasteiger partial charge on any atom is -0.387 e. The Morgan fingerprint density at radius 1 is 1.25 bits per heavy atom. The zero-order chi connectivity index (χ0) is 15.4. The van der Waals surface area contributed by atoms with Gasteiger partial charge in [-0.1, -0.05) is 32.9 Å². The van der Waals surface area contributed by atoms with Gasteiger partial charge in [0.15, 0.2) is 0 Å². The van der Waals surface area contributed by atoms with Gasteiger partial charge in [-0.05, 0) is 29.5 Å². The largest absolute Gasteiger partial charge is 0.416 e. The van der Waals surface area contributed by atoms with E-state index in [1.807, 2.05) is 0 Å². The second kappa shape index (κ2) is 6.59. The average Bonchev–Trinajstić information content (AvgIpc) is 2.37. The standard InChI is InChI=1S/C15H22F3NO/c1-4-14(2,3)10-19-9-13(20)11-6-5-7-12(8-11)15(16,17)18/h5-8,13,19-20H,4,9-10H2,1-3H3. The molecule has 0 spiro atoms. The SMILES string of the molecule is CCC(C)(C)CNCC(O)c1cccc(C(F)(F)F)c1. The second-order valence-electron chi connectivity index (χ2n) is 5.79. The summed E-state index contributed by atoms with van der Waals surface area (Å²) < 4.78 is 37.8. The van der Waals surface area contributed by atoms with Crippen molar-refractivity contribution in [3.63, 3.8) is 0 Å². The quantitative estimate of drug-likeness (QED) is 0.835. The van der Waals surface area contributed by atoms with Gasteiger partial charge in [0.25, 0.3) is 0 Å². The summed E-state index contributed by atoms with van der Waals surface area (Å²) in [6.07, 6.45) is -4.34. The molecule has 1 aromatic rings. The van der Waals surface area contributed by atoms with Gasteiger partial charge < -0.3 is 10.4 Å². The lowest BCUT2D eigenvalue weighted by Crippen LogP contribution is -2.31. The fraction of sp³-hybridized carbons (Fsp3) is 0.600. The molecule has 0 aliphatic heterocycles. The van der Waals surface area contributed by atoms with Crippen molar-refractivity contribution >= 4 is 0 Å². The van der Waals surface area contributed by atoms with Crippen LogP contribution in [0.3, 0.4) is 0 Å². The molecule has 5 heteroatoms. The van der Waals surface area contributed by atoms with Crippen LogP contribution in [0.1, 0.15) is 44.4 Å². The van der Waals surface area contributed by atoms with Gasteiger partial charge in [0.2, 0.25) is 0 Å². The molecule has 0 saturated carbocycles. The van der Waals surface area contributed by atoms with E-state index < -0.39 is 17.8 Å².